The molecule has 2 saturated heterocycles. The molecule has 2 fully saturated rings. The number of carbonyl (C=O) groups excluding carboxylic acids is 2. The van der Waals surface area contributed by atoms with Gasteiger partial charge in [-0.3, -0.25) is 18.7 Å². The molecule has 1 N–H and O–H groups in total. The van der Waals surface area contributed by atoms with Gasteiger partial charge < -0.3 is 5.32 Å². The van der Waals surface area contributed by atoms with Gasteiger partial charge in [0.05, 0.1) is 12.5 Å². The van der Waals surface area contributed by atoms with Crippen LogP contribution in [0.25, 0.3) is 0 Å². The summed E-state index contributed by atoms with van der Waals surface area (Å²) in [6, 6.07) is -0.133. The Morgan fingerprint density at radius 3 is 2.61 bits per heavy atom. The van der Waals surface area contributed by atoms with E-state index in [0.717, 1.165) is 19.3 Å². The largest absolute Gasteiger partial charge is 0.303 e. The van der Waals surface area contributed by atoms with Crippen LogP contribution >= 0.6 is 0 Å². The molecule has 2 heterocycles. The Hall–Kier alpha value is -0.750. The quantitative estimate of drug-likeness (QED) is 0.733. The molecule has 6 heteroatoms. The summed E-state index contributed by atoms with van der Waals surface area (Å²) in [6.07, 6.45) is 2.74. The Bertz CT molecular complexity index is 362. The molecule has 102 valence electrons. The minimum absolute atomic E-state index is 0.0706. The molecule has 18 heavy (non-hydrogen) atoms. The summed E-state index contributed by atoms with van der Waals surface area (Å²) in [6.45, 7) is 2.47. The zero-order valence-electron chi connectivity index (χ0n) is 10.7. The van der Waals surface area contributed by atoms with E-state index < -0.39 is 10.8 Å². The highest BCUT2D eigenvalue weighted by Gasteiger charge is 2.39. The lowest BCUT2D eigenvalue weighted by molar-refractivity contribution is -0.138. The number of imide groups is 1. The summed E-state index contributed by atoms with van der Waals surface area (Å²) in [4.78, 5) is 25.1. The van der Waals surface area contributed by atoms with Crippen molar-refractivity contribution < 1.29 is 13.8 Å². The zero-order valence-corrected chi connectivity index (χ0v) is 11.5. The summed E-state index contributed by atoms with van der Waals surface area (Å²) in [5.41, 5.74) is 0. The highest BCUT2D eigenvalue weighted by Crippen LogP contribution is 2.17. The van der Waals surface area contributed by atoms with Gasteiger partial charge in [-0.25, -0.2) is 0 Å². The predicted molar refractivity (Wildman–Crippen MR) is 69.5 cm³/mol. The maximum atomic E-state index is 12.0. The predicted octanol–water partition coefficient (Wildman–Crippen LogP) is 0.0246. The number of nitrogens with one attached hydrogen (secondary N) is 1. The first-order chi connectivity index (χ1) is 8.61. The Labute approximate surface area is 110 Å². The van der Waals surface area contributed by atoms with Gasteiger partial charge in [-0.05, 0) is 19.3 Å². The van der Waals surface area contributed by atoms with Crippen molar-refractivity contribution in [1.82, 2.24) is 10.2 Å². The van der Waals surface area contributed by atoms with Crippen LogP contribution in [0.5, 0.6) is 0 Å². The van der Waals surface area contributed by atoms with Gasteiger partial charge in [0.1, 0.15) is 0 Å². The molecule has 5 nitrogen and oxygen atoms in total. The number of amides is 2. The van der Waals surface area contributed by atoms with Gasteiger partial charge in [0.2, 0.25) is 11.8 Å². The number of likely N-dealkylation sites (tertiary alicyclic amines) is 1. The third-order valence-electron chi connectivity index (χ3n) is 3.52. The number of rotatable bonds is 4. The molecule has 2 aliphatic rings. The van der Waals surface area contributed by atoms with Crippen LogP contribution in [0.4, 0.5) is 0 Å². The lowest BCUT2D eigenvalue weighted by atomic mass is 10.1. The van der Waals surface area contributed by atoms with E-state index in [9.17, 15) is 13.8 Å². The summed E-state index contributed by atoms with van der Waals surface area (Å²) < 4.78 is 11.3. The van der Waals surface area contributed by atoms with Crippen LogP contribution in [0.2, 0.25) is 0 Å². The van der Waals surface area contributed by atoms with E-state index in [0.29, 0.717) is 18.1 Å². The van der Waals surface area contributed by atoms with Crippen LogP contribution in [0.3, 0.4) is 0 Å². The Morgan fingerprint density at radius 1 is 1.33 bits per heavy atom. The van der Waals surface area contributed by atoms with Crippen molar-refractivity contribution in [2.45, 2.75) is 44.7 Å². The number of nitrogens with zero attached hydrogens (tertiary/aromatic N) is 1. The second kappa shape index (κ2) is 5.93. The van der Waals surface area contributed by atoms with E-state index in [1.54, 1.807) is 0 Å². The maximum Gasteiger partial charge on any atom is 0.246 e. The van der Waals surface area contributed by atoms with E-state index >= 15 is 0 Å². The summed E-state index contributed by atoms with van der Waals surface area (Å²) >= 11 is 0. The zero-order chi connectivity index (χ0) is 13.1. The Balaban J connectivity index is 1.89. The normalized spacial score (nSPS) is 33.2. The standard InChI is InChI=1S/C12H20N2O3S/c1-2-5-14-11(15)8-10(12(14)16)13-9-3-6-18(17)7-4-9/h9-10,13H,2-8H2,1H3. The van der Waals surface area contributed by atoms with E-state index in [4.69, 9.17) is 0 Å². The van der Waals surface area contributed by atoms with Crippen LogP contribution in [-0.2, 0) is 20.4 Å². The van der Waals surface area contributed by atoms with Crippen molar-refractivity contribution in [2.75, 3.05) is 18.1 Å². The van der Waals surface area contributed by atoms with Crippen LogP contribution < -0.4 is 5.32 Å². The van der Waals surface area contributed by atoms with Crippen LogP contribution in [0.1, 0.15) is 32.6 Å². The SMILES string of the molecule is CCCN1C(=O)CC(NC2CCS(=O)CC2)C1=O. The molecule has 2 rings (SSSR count). The molecule has 0 aromatic heterocycles. The number of hydrogen-bond acceptors (Lipinski definition) is 4. The third-order valence-corrected chi connectivity index (χ3v) is 4.90. The van der Waals surface area contributed by atoms with Gasteiger partial charge in [-0.2, -0.15) is 0 Å². The molecule has 0 aromatic carbocycles. The van der Waals surface area contributed by atoms with Crippen LogP contribution in [0.15, 0.2) is 0 Å². The molecule has 2 amide bonds. The first-order valence-electron chi connectivity index (χ1n) is 6.57. The number of hydrogen-bond donors (Lipinski definition) is 1. The van der Waals surface area contributed by atoms with E-state index in [-0.39, 0.29) is 30.3 Å². The second-order valence-corrected chi connectivity index (χ2v) is 6.63. The van der Waals surface area contributed by atoms with Crippen molar-refractivity contribution in [2.24, 2.45) is 0 Å². The van der Waals surface area contributed by atoms with Gasteiger partial charge in [0.15, 0.2) is 0 Å². The van der Waals surface area contributed by atoms with Crippen molar-refractivity contribution in [1.29, 1.82) is 0 Å². The average Bonchev–Trinajstić information content (AvgIpc) is 2.60. The first-order valence-corrected chi connectivity index (χ1v) is 8.06. The van der Waals surface area contributed by atoms with Crippen molar-refractivity contribution in [3.05, 3.63) is 0 Å². The molecule has 0 bridgehead atoms. The highest BCUT2D eigenvalue weighted by molar-refractivity contribution is 7.85. The molecule has 2 aliphatic heterocycles. The minimum Gasteiger partial charge on any atom is -0.303 e. The molecule has 1 unspecified atom stereocenters. The summed E-state index contributed by atoms with van der Waals surface area (Å²) in [5.74, 6) is 1.24. The van der Waals surface area contributed by atoms with Crippen LogP contribution in [-0.4, -0.2) is 51.1 Å². The average molecular weight is 272 g/mol. The molecule has 0 aromatic rings. The lowest BCUT2D eigenvalue weighted by Gasteiger charge is -2.25. The van der Waals surface area contributed by atoms with Gasteiger partial charge in [0.25, 0.3) is 0 Å². The maximum absolute atomic E-state index is 12.0. The molecule has 0 aliphatic carbocycles. The van der Waals surface area contributed by atoms with Crippen molar-refractivity contribution >= 4 is 22.6 Å². The fourth-order valence-electron chi connectivity index (χ4n) is 2.52. The van der Waals surface area contributed by atoms with E-state index in [2.05, 4.69) is 5.32 Å². The fraction of sp³-hybridized carbons (Fsp3) is 0.833. The minimum atomic E-state index is -0.692. The smallest absolute Gasteiger partial charge is 0.246 e. The molecule has 0 spiro atoms. The Kier molecular flexibility index (Phi) is 4.50. The van der Waals surface area contributed by atoms with Crippen molar-refractivity contribution in [3.8, 4) is 0 Å². The highest BCUT2D eigenvalue weighted by atomic mass is 32.2. The lowest BCUT2D eigenvalue weighted by Crippen LogP contribution is -2.46. The van der Waals surface area contributed by atoms with Crippen LogP contribution in [0, 0.1) is 0 Å². The van der Waals surface area contributed by atoms with Gasteiger partial charge in [0, 0.05) is 34.9 Å². The molecular formula is C12H20N2O3S. The van der Waals surface area contributed by atoms with E-state index in [1.165, 1.54) is 4.90 Å². The summed E-state index contributed by atoms with van der Waals surface area (Å²) in [5, 5.41) is 3.26. The molecule has 1 atom stereocenters. The Morgan fingerprint density at radius 2 is 2.00 bits per heavy atom. The monoisotopic (exact) mass is 272 g/mol. The molecule has 0 saturated carbocycles. The topological polar surface area (TPSA) is 66.5 Å². The first kappa shape index (κ1) is 13.7. The summed E-state index contributed by atoms with van der Waals surface area (Å²) in [7, 11) is -0.692. The number of carbonyl (C=O) groups is 2. The van der Waals surface area contributed by atoms with E-state index in [1.807, 2.05) is 6.92 Å². The fourth-order valence-corrected chi connectivity index (χ4v) is 3.82. The van der Waals surface area contributed by atoms with Crippen molar-refractivity contribution in [3.63, 3.8) is 0 Å². The van der Waals surface area contributed by atoms with Gasteiger partial charge >= 0.3 is 0 Å². The van der Waals surface area contributed by atoms with Gasteiger partial charge in [-0.15, -0.1) is 0 Å². The third kappa shape index (κ3) is 2.98. The molecule has 0 radical (unpaired) electrons. The van der Waals surface area contributed by atoms with Gasteiger partial charge in [-0.1, -0.05) is 6.92 Å². The second-order valence-electron chi connectivity index (χ2n) is 4.93. The molecular weight excluding hydrogens is 252 g/mol.